The molecule has 0 bridgehead atoms. The Morgan fingerprint density at radius 3 is 2.25 bits per heavy atom. The maximum atomic E-state index is 12.2. The van der Waals surface area contributed by atoms with E-state index in [0.29, 0.717) is 33.8 Å². The van der Waals surface area contributed by atoms with Gasteiger partial charge in [-0.05, 0) is 54.4 Å². The van der Waals surface area contributed by atoms with E-state index in [1.807, 2.05) is 35.8 Å². The van der Waals surface area contributed by atoms with Crippen LogP contribution in [0.25, 0.3) is 16.9 Å². The lowest BCUT2D eigenvalue weighted by atomic mass is 9.95. The molecule has 1 unspecified atom stereocenters. The molecule has 9 nitrogen and oxygen atoms in total. The number of ether oxygens (including phenoxy) is 2. The van der Waals surface area contributed by atoms with Gasteiger partial charge in [0.1, 0.15) is 17.5 Å². The molecule has 0 saturated heterocycles. The zero-order valence-corrected chi connectivity index (χ0v) is 19.7. The van der Waals surface area contributed by atoms with Gasteiger partial charge in [-0.2, -0.15) is 0 Å². The van der Waals surface area contributed by atoms with Crippen molar-refractivity contribution in [3.63, 3.8) is 0 Å². The Balaban J connectivity index is 1.96. The molecule has 4 rings (SSSR count). The Labute approximate surface area is 207 Å². The van der Waals surface area contributed by atoms with E-state index in [4.69, 9.17) is 9.47 Å². The largest absolute Gasteiger partial charge is 0.497 e. The van der Waals surface area contributed by atoms with Crippen molar-refractivity contribution in [2.24, 2.45) is 5.18 Å². The van der Waals surface area contributed by atoms with Crippen LogP contribution in [-0.4, -0.2) is 34.6 Å². The van der Waals surface area contributed by atoms with Crippen LogP contribution >= 0.6 is 0 Å². The van der Waals surface area contributed by atoms with Crippen molar-refractivity contribution in [1.82, 2.24) is 4.57 Å². The first-order valence-corrected chi connectivity index (χ1v) is 11.2. The smallest absolute Gasteiger partial charge is 0.338 e. The lowest BCUT2D eigenvalue weighted by Crippen LogP contribution is -2.05. The monoisotopic (exact) mass is 487 g/mol. The summed E-state index contributed by atoms with van der Waals surface area (Å²) in [6, 6.07) is 21.3. The van der Waals surface area contributed by atoms with Crippen LogP contribution in [0.2, 0.25) is 0 Å². The summed E-state index contributed by atoms with van der Waals surface area (Å²) in [4.78, 5) is 24.3. The number of anilines is 1. The second-order valence-corrected chi connectivity index (χ2v) is 7.82. The number of aromatic nitrogens is 1. The molecule has 0 fully saturated rings. The van der Waals surface area contributed by atoms with Gasteiger partial charge in [-0.3, -0.25) is 15.3 Å². The molecule has 0 radical (unpaired) electrons. The highest BCUT2D eigenvalue weighted by Crippen LogP contribution is 2.47. The Bertz CT molecular complexity index is 1350. The van der Waals surface area contributed by atoms with E-state index in [0.717, 1.165) is 0 Å². The molecular weight excluding hydrogens is 462 g/mol. The predicted octanol–water partition coefficient (Wildman–Crippen LogP) is 5.69. The van der Waals surface area contributed by atoms with Gasteiger partial charge in [0, 0.05) is 11.3 Å². The summed E-state index contributed by atoms with van der Waals surface area (Å²) in [6.45, 7) is 1.97. The third kappa shape index (κ3) is 4.51. The fraction of sp³-hybridized carbons (Fsp3) is 0.148. The summed E-state index contributed by atoms with van der Waals surface area (Å²) in [5, 5.41) is 24.6. The second kappa shape index (κ2) is 10.7. The van der Waals surface area contributed by atoms with Crippen LogP contribution in [0.4, 0.5) is 5.69 Å². The van der Waals surface area contributed by atoms with Gasteiger partial charge in [-0.15, -0.1) is 4.91 Å². The van der Waals surface area contributed by atoms with Crippen molar-refractivity contribution in [2.75, 3.05) is 19.2 Å². The van der Waals surface area contributed by atoms with Gasteiger partial charge >= 0.3 is 5.97 Å². The molecule has 0 aliphatic heterocycles. The Kier molecular flexibility index (Phi) is 7.31. The zero-order chi connectivity index (χ0) is 25.7. The average molecular weight is 488 g/mol. The molecule has 1 aromatic heterocycles. The van der Waals surface area contributed by atoms with E-state index in [9.17, 15) is 20.0 Å². The minimum atomic E-state index is -1.08. The Morgan fingerprint density at radius 1 is 1.03 bits per heavy atom. The van der Waals surface area contributed by atoms with Gasteiger partial charge in [-0.1, -0.05) is 47.6 Å². The molecule has 9 heteroatoms. The van der Waals surface area contributed by atoms with Gasteiger partial charge in [0.15, 0.2) is 0 Å². The summed E-state index contributed by atoms with van der Waals surface area (Å²) in [7, 11) is 1.54. The van der Waals surface area contributed by atoms with E-state index in [2.05, 4.69) is 5.18 Å². The molecule has 0 saturated carbocycles. The molecule has 36 heavy (non-hydrogen) atoms. The fourth-order valence-corrected chi connectivity index (χ4v) is 4.11. The van der Waals surface area contributed by atoms with Crippen molar-refractivity contribution < 1.29 is 24.6 Å². The van der Waals surface area contributed by atoms with Crippen molar-refractivity contribution in [3.05, 3.63) is 100 Å². The normalized spacial score (nSPS) is 11.5. The third-order valence-corrected chi connectivity index (χ3v) is 5.79. The topological polar surface area (TPSA) is 122 Å². The van der Waals surface area contributed by atoms with Crippen LogP contribution in [0.5, 0.6) is 11.6 Å². The number of methoxy groups -OCH3 is 1. The quantitative estimate of drug-likeness (QED) is 0.157. The number of nitroso groups, excluding NO2 is 1. The number of carbonyl (C=O) groups is 1. The molecule has 3 aromatic carbocycles. The lowest BCUT2D eigenvalue weighted by molar-refractivity contribution is 0.0526. The Morgan fingerprint density at radius 2 is 1.69 bits per heavy atom. The highest BCUT2D eigenvalue weighted by Gasteiger charge is 2.32. The molecule has 4 aromatic rings. The molecule has 0 aliphatic rings. The van der Waals surface area contributed by atoms with Crippen LogP contribution in [0.15, 0.2) is 84.0 Å². The minimum Gasteiger partial charge on any atom is -0.497 e. The van der Waals surface area contributed by atoms with E-state index >= 15 is 0 Å². The standard InChI is InChI=1S/C27H25N3O6/c1-3-36-27(32)19-9-13-20(14-10-19)30-25(18-7-5-4-6-8-18)22(24(29-34)26(30)31)23(28-33)17-11-15-21(35-2)16-12-17/h4-16,23,29,31,34H,3H2,1-2H3. The number of esters is 1. The van der Waals surface area contributed by atoms with Gasteiger partial charge in [0.05, 0.1) is 25.0 Å². The summed E-state index contributed by atoms with van der Waals surface area (Å²) < 4.78 is 11.7. The van der Waals surface area contributed by atoms with E-state index < -0.39 is 12.0 Å². The summed E-state index contributed by atoms with van der Waals surface area (Å²) in [5.41, 5.74) is 4.73. The molecule has 0 amide bonds. The van der Waals surface area contributed by atoms with Crippen molar-refractivity contribution in [3.8, 4) is 28.6 Å². The van der Waals surface area contributed by atoms with Crippen LogP contribution < -0.4 is 10.2 Å². The molecular formula is C27H25N3O6. The SMILES string of the molecule is CCOC(=O)c1ccc(-n2c(O)c(NO)c(C(N=O)c3ccc(OC)cc3)c2-c2ccccc2)cc1. The molecule has 1 heterocycles. The summed E-state index contributed by atoms with van der Waals surface area (Å²) in [5.74, 6) is -0.195. The molecule has 184 valence electrons. The van der Waals surface area contributed by atoms with Crippen molar-refractivity contribution in [2.45, 2.75) is 13.0 Å². The highest BCUT2D eigenvalue weighted by atomic mass is 16.5. The molecule has 0 aliphatic carbocycles. The van der Waals surface area contributed by atoms with Gasteiger partial charge in [0.2, 0.25) is 5.88 Å². The fourth-order valence-electron chi connectivity index (χ4n) is 4.11. The first-order valence-electron chi connectivity index (χ1n) is 11.2. The van der Waals surface area contributed by atoms with Crippen LogP contribution in [0, 0.1) is 4.91 Å². The number of hydrogen-bond acceptors (Lipinski definition) is 8. The molecule has 1 atom stereocenters. The number of hydrogen-bond donors (Lipinski definition) is 3. The predicted molar refractivity (Wildman–Crippen MR) is 135 cm³/mol. The highest BCUT2D eigenvalue weighted by molar-refractivity contribution is 5.90. The number of rotatable bonds is 9. The maximum absolute atomic E-state index is 12.2. The maximum Gasteiger partial charge on any atom is 0.338 e. The summed E-state index contributed by atoms with van der Waals surface area (Å²) >= 11 is 0. The first kappa shape index (κ1) is 24.5. The Hall–Kier alpha value is -4.63. The zero-order valence-electron chi connectivity index (χ0n) is 19.7. The average Bonchev–Trinajstić information content (AvgIpc) is 3.21. The van der Waals surface area contributed by atoms with E-state index in [-0.39, 0.29) is 23.7 Å². The van der Waals surface area contributed by atoms with Crippen LogP contribution in [0.1, 0.15) is 34.5 Å². The van der Waals surface area contributed by atoms with E-state index in [1.54, 1.807) is 55.5 Å². The minimum absolute atomic E-state index is 0.0660. The van der Waals surface area contributed by atoms with Crippen molar-refractivity contribution in [1.29, 1.82) is 0 Å². The van der Waals surface area contributed by atoms with Gasteiger partial charge in [0.25, 0.3) is 0 Å². The lowest BCUT2D eigenvalue weighted by Gasteiger charge is -2.16. The first-order chi connectivity index (χ1) is 17.5. The van der Waals surface area contributed by atoms with Crippen molar-refractivity contribution >= 4 is 11.7 Å². The number of carbonyl (C=O) groups excluding carboxylic acids is 1. The van der Waals surface area contributed by atoms with Gasteiger partial charge in [-0.25, -0.2) is 4.79 Å². The molecule has 3 N–H and O–H groups in total. The number of nitrogens with one attached hydrogen (secondary N) is 1. The second-order valence-electron chi connectivity index (χ2n) is 7.82. The van der Waals surface area contributed by atoms with E-state index in [1.165, 1.54) is 11.7 Å². The van der Waals surface area contributed by atoms with Crippen LogP contribution in [-0.2, 0) is 4.74 Å². The number of benzene rings is 3. The van der Waals surface area contributed by atoms with Crippen LogP contribution in [0.3, 0.4) is 0 Å². The number of aromatic hydroxyl groups is 1. The third-order valence-electron chi connectivity index (χ3n) is 5.79. The summed E-state index contributed by atoms with van der Waals surface area (Å²) in [6.07, 6.45) is 0. The number of nitrogens with zero attached hydrogens (tertiary/aromatic N) is 2. The molecule has 0 spiro atoms. The van der Waals surface area contributed by atoms with Gasteiger partial charge < -0.3 is 14.6 Å².